The van der Waals surface area contributed by atoms with Crippen LogP contribution >= 0.6 is 11.3 Å². The van der Waals surface area contributed by atoms with Crippen molar-refractivity contribution < 1.29 is 0 Å². The van der Waals surface area contributed by atoms with Gasteiger partial charge in [-0.05, 0) is 19.8 Å². The van der Waals surface area contributed by atoms with Crippen LogP contribution in [0.1, 0.15) is 18.5 Å². The summed E-state index contributed by atoms with van der Waals surface area (Å²) in [6, 6.07) is 2.59. The highest BCUT2D eigenvalue weighted by Gasteiger charge is 2.24. The molecule has 0 unspecified atom stereocenters. The Morgan fingerprint density at radius 2 is 2.05 bits per heavy atom. The zero-order valence-corrected chi connectivity index (χ0v) is 12.7. The first-order valence-electron chi connectivity index (χ1n) is 6.90. The van der Waals surface area contributed by atoms with Crippen LogP contribution in [0.4, 0.5) is 10.9 Å². The second-order valence-corrected chi connectivity index (χ2v) is 6.03. The third-order valence-electron chi connectivity index (χ3n) is 3.85. The maximum Gasteiger partial charge on any atom is 0.185 e. The van der Waals surface area contributed by atoms with Gasteiger partial charge in [-0.3, -0.25) is 0 Å². The van der Waals surface area contributed by atoms with Gasteiger partial charge in [-0.15, -0.1) is 11.3 Å². The van der Waals surface area contributed by atoms with Crippen LogP contribution < -0.4 is 9.80 Å². The van der Waals surface area contributed by atoms with E-state index in [0.717, 1.165) is 42.6 Å². The van der Waals surface area contributed by atoms with Crippen molar-refractivity contribution in [2.24, 2.45) is 0 Å². The first-order chi connectivity index (χ1) is 9.74. The Bertz CT molecular complexity index is 548. The summed E-state index contributed by atoms with van der Waals surface area (Å²) in [4.78, 5) is 17.6. The van der Waals surface area contributed by atoms with Gasteiger partial charge in [0.1, 0.15) is 12.1 Å². The molecule has 1 aliphatic rings. The lowest BCUT2D eigenvalue weighted by Gasteiger charge is -2.37. The van der Waals surface area contributed by atoms with E-state index in [9.17, 15) is 0 Å². The van der Waals surface area contributed by atoms with Gasteiger partial charge in [0.25, 0.3) is 0 Å². The van der Waals surface area contributed by atoms with Crippen LogP contribution in [0.2, 0.25) is 0 Å². The molecule has 1 aliphatic heterocycles. The molecule has 0 saturated carbocycles. The number of thiazole rings is 1. The largest absolute Gasteiger partial charge is 0.356 e. The van der Waals surface area contributed by atoms with Gasteiger partial charge >= 0.3 is 0 Å². The Hall–Kier alpha value is -1.69. The molecule has 2 aromatic heterocycles. The van der Waals surface area contributed by atoms with E-state index in [1.807, 2.05) is 24.6 Å². The standard InChI is InChI=1S/C14H19N5S/c1-11-9-13(17-10-16-11)18(2)12-3-6-19(7-4-12)14-15-5-8-20-14/h5,8-10,12H,3-4,6-7H2,1-2H3. The number of aromatic nitrogens is 3. The summed E-state index contributed by atoms with van der Waals surface area (Å²) in [6.45, 7) is 4.13. The number of aryl methyl sites for hydroxylation is 1. The Balaban J connectivity index is 1.63. The molecule has 0 aliphatic carbocycles. The second-order valence-electron chi connectivity index (χ2n) is 5.16. The highest BCUT2D eigenvalue weighted by Crippen LogP contribution is 2.25. The molecule has 0 radical (unpaired) electrons. The van der Waals surface area contributed by atoms with Crippen LogP contribution in [-0.4, -0.2) is 41.1 Å². The van der Waals surface area contributed by atoms with Crippen LogP contribution in [0.25, 0.3) is 0 Å². The summed E-state index contributed by atoms with van der Waals surface area (Å²) in [5.74, 6) is 1.02. The Morgan fingerprint density at radius 3 is 2.70 bits per heavy atom. The number of rotatable bonds is 3. The van der Waals surface area contributed by atoms with Gasteiger partial charge in [0.15, 0.2) is 5.13 Å². The molecular weight excluding hydrogens is 270 g/mol. The van der Waals surface area contributed by atoms with Crippen LogP contribution in [0.3, 0.4) is 0 Å². The number of hydrogen-bond donors (Lipinski definition) is 0. The van der Waals surface area contributed by atoms with Gasteiger partial charge in [-0.25, -0.2) is 15.0 Å². The fourth-order valence-electron chi connectivity index (χ4n) is 2.64. The van der Waals surface area contributed by atoms with Gasteiger partial charge in [0, 0.05) is 49.5 Å². The summed E-state index contributed by atoms with van der Waals surface area (Å²) < 4.78 is 0. The predicted octanol–water partition coefficient (Wildman–Crippen LogP) is 2.35. The molecule has 5 nitrogen and oxygen atoms in total. The Morgan fingerprint density at radius 1 is 1.25 bits per heavy atom. The monoisotopic (exact) mass is 289 g/mol. The second kappa shape index (κ2) is 5.75. The lowest BCUT2D eigenvalue weighted by atomic mass is 10.0. The van der Waals surface area contributed by atoms with Crippen molar-refractivity contribution in [1.29, 1.82) is 0 Å². The van der Waals surface area contributed by atoms with Crippen molar-refractivity contribution in [3.05, 3.63) is 29.7 Å². The molecule has 0 bridgehead atoms. The highest BCUT2D eigenvalue weighted by molar-refractivity contribution is 7.13. The Labute approximate surface area is 123 Å². The van der Waals surface area contributed by atoms with E-state index in [1.165, 1.54) is 0 Å². The molecular formula is C14H19N5S. The van der Waals surface area contributed by atoms with Gasteiger partial charge in [-0.1, -0.05) is 0 Å². The number of nitrogens with zero attached hydrogens (tertiary/aromatic N) is 5. The van der Waals surface area contributed by atoms with Gasteiger partial charge in [0.05, 0.1) is 0 Å². The van der Waals surface area contributed by atoms with Gasteiger partial charge < -0.3 is 9.80 Å². The topological polar surface area (TPSA) is 45.2 Å². The molecule has 0 aromatic carbocycles. The van der Waals surface area contributed by atoms with Crippen molar-refractivity contribution in [1.82, 2.24) is 15.0 Å². The van der Waals surface area contributed by atoms with E-state index in [1.54, 1.807) is 17.7 Å². The fraction of sp³-hybridized carbons (Fsp3) is 0.500. The van der Waals surface area contributed by atoms with Gasteiger partial charge in [-0.2, -0.15) is 0 Å². The van der Waals surface area contributed by atoms with Crippen LogP contribution in [-0.2, 0) is 0 Å². The normalized spacial score (nSPS) is 16.4. The van der Waals surface area contributed by atoms with Crippen molar-refractivity contribution >= 4 is 22.3 Å². The molecule has 3 heterocycles. The zero-order valence-electron chi connectivity index (χ0n) is 11.9. The summed E-state index contributed by atoms with van der Waals surface area (Å²) >= 11 is 1.72. The van der Waals surface area contributed by atoms with Gasteiger partial charge in [0.2, 0.25) is 0 Å². The first kappa shape index (κ1) is 13.3. The molecule has 0 atom stereocenters. The maximum absolute atomic E-state index is 4.39. The number of hydrogen-bond acceptors (Lipinski definition) is 6. The molecule has 6 heteroatoms. The first-order valence-corrected chi connectivity index (χ1v) is 7.78. The quantitative estimate of drug-likeness (QED) is 0.868. The number of piperidine rings is 1. The molecule has 20 heavy (non-hydrogen) atoms. The van der Waals surface area contributed by atoms with Crippen LogP contribution in [0.15, 0.2) is 24.0 Å². The summed E-state index contributed by atoms with van der Waals surface area (Å²) in [5.41, 5.74) is 1.02. The molecule has 3 rings (SSSR count). The van der Waals surface area contributed by atoms with E-state index in [-0.39, 0.29) is 0 Å². The molecule has 0 spiro atoms. The highest BCUT2D eigenvalue weighted by atomic mass is 32.1. The molecule has 1 fully saturated rings. The summed E-state index contributed by atoms with van der Waals surface area (Å²) in [6.07, 6.45) is 5.80. The molecule has 0 N–H and O–H groups in total. The molecule has 1 saturated heterocycles. The average molecular weight is 289 g/mol. The SMILES string of the molecule is Cc1cc(N(C)C2CCN(c3nccs3)CC2)ncn1. The van der Waals surface area contributed by atoms with E-state index >= 15 is 0 Å². The lowest BCUT2D eigenvalue weighted by molar-refractivity contribution is 0.479. The average Bonchev–Trinajstić information content (AvgIpc) is 3.01. The third kappa shape index (κ3) is 2.75. The minimum Gasteiger partial charge on any atom is -0.356 e. The van der Waals surface area contributed by atoms with Crippen molar-refractivity contribution in [3.8, 4) is 0 Å². The minimum atomic E-state index is 0.542. The minimum absolute atomic E-state index is 0.542. The van der Waals surface area contributed by atoms with E-state index < -0.39 is 0 Å². The molecule has 106 valence electrons. The Kier molecular flexibility index (Phi) is 3.82. The number of anilines is 2. The van der Waals surface area contributed by atoms with Crippen LogP contribution in [0, 0.1) is 6.92 Å². The van der Waals surface area contributed by atoms with E-state index in [2.05, 4.69) is 31.8 Å². The van der Waals surface area contributed by atoms with Crippen molar-refractivity contribution in [2.75, 3.05) is 29.9 Å². The van der Waals surface area contributed by atoms with Crippen molar-refractivity contribution in [3.63, 3.8) is 0 Å². The predicted molar refractivity (Wildman–Crippen MR) is 82.5 cm³/mol. The third-order valence-corrected chi connectivity index (χ3v) is 4.68. The fourth-order valence-corrected chi connectivity index (χ4v) is 3.33. The lowest BCUT2D eigenvalue weighted by Crippen LogP contribution is -2.43. The smallest absolute Gasteiger partial charge is 0.185 e. The van der Waals surface area contributed by atoms with E-state index in [0.29, 0.717) is 6.04 Å². The summed E-state index contributed by atoms with van der Waals surface area (Å²) in [7, 11) is 2.13. The van der Waals surface area contributed by atoms with Crippen molar-refractivity contribution in [2.45, 2.75) is 25.8 Å². The molecule has 0 amide bonds. The molecule has 2 aromatic rings. The van der Waals surface area contributed by atoms with E-state index in [4.69, 9.17) is 0 Å². The zero-order chi connectivity index (χ0) is 13.9. The summed E-state index contributed by atoms with van der Waals surface area (Å²) in [5, 5.41) is 3.18. The van der Waals surface area contributed by atoms with Crippen LogP contribution in [0.5, 0.6) is 0 Å². The maximum atomic E-state index is 4.39.